The van der Waals surface area contributed by atoms with Crippen LogP contribution in [0.1, 0.15) is 25.8 Å². The second-order valence-corrected chi connectivity index (χ2v) is 4.75. The van der Waals surface area contributed by atoms with Gasteiger partial charge in [0.05, 0.1) is 6.54 Å². The quantitative estimate of drug-likeness (QED) is 0.866. The highest BCUT2D eigenvalue weighted by molar-refractivity contribution is 5.96. The number of hydrogen-bond donors (Lipinski definition) is 1. The maximum Gasteiger partial charge on any atom is 0.240 e. The van der Waals surface area contributed by atoms with Crippen molar-refractivity contribution in [1.29, 1.82) is 0 Å². The fourth-order valence-corrected chi connectivity index (χ4v) is 2.10. The second kappa shape index (κ2) is 5.32. The van der Waals surface area contributed by atoms with E-state index < -0.39 is 0 Å². The number of nitrogens with one attached hydrogen (secondary N) is 1. The molecule has 92 valence electrons. The van der Waals surface area contributed by atoms with E-state index in [-0.39, 0.29) is 5.91 Å². The molecule has 0 aromatic heterocycles. The summed E-state index contributed by atoms with van der Waals surface area (Å²) in [5, 5.41) is 3.18. The molecule has 1 aliphatic heterocycles. The minimum Gasteiger partial charge on any atom is -0.311 e. The summed E-state index contributed by atoms with van der Waals surface area (Å²) in [5.74, 6) is 0.709. The average molecular weight is 232 g/mol. The van der Waals surface area contributed by atoms with E-state index >= 15 is 0 Å². The van der Waals surface area contributed by atoms with Gasteiger partial charge in [0.15, 0.2) is 0 Å². The molecule has 1 atom stereocenters. The molecule has 0 saturated heterocycles. The zero-order chi connectivity index (χ0) is 12.3. The lowest BCUT2D eigenvalue weighted by Gasteiger charge is -2.25. The van der Waals surface area contributed by atoms with Gasteiger partial charge in [-0.05, 0) is 17.5 Å². The first-order valence-corrected chi connectivity index (χ1v) is 6.31. The van der Waals surface area contributed by atoms with Crippen LogP contribution in [-0.4, -0.2) is 19.0 Å². The first kappa shape index (κ1) is 12.1. The fraction of sp³-hybridized carbons (Fsp3) is 0.500. The molecule has 0 aliphatic carbocycles. The molecule has 0 saturated carbocycles. The Hall–Kier alpha value is -1.35. The third kappa shape index (κ3) is 2.67. The molecule has 0 fully saturated rings. The molecular formula is C14H20N2O. The SMILES string of the molecule is CCC(C)CN1C(=O)CNCc2ccccc21. The van der Waals surface area contributed by atoms with Gasteiger partial charge in [0.2, 0.25) is 5.91 Å². The van der Waals surface area contributed by atoms with Gasteiger partial charge >= 0.3 is 0 Å². The number of benzene rings is 1. The summed E-state index contributed by atoms with van der Waals surface area (Å²) in [5.41, 5.74) is 2.28. The van der Waals surface area contributed by atoms with Crippen molar-refractivity contribution in [3.63, 3.8) is 0 Å². The van der Waals surface area contributed by atoms with Gasteiger partial charge in [0, 0.05) is 18.8 Å². The number of hydrogen-bond acceptors (Lipinski definition) is 2. The number of nitrogens with zero attached hydrogens (tertiary/aromatic N) is 1. The monoisotopic (exact) mass is 232 g/mol. The van der Waals surface area contributed by atoms with Crippen LogP contribution < -0.4 is 10.2 Å². The maximum absolute atomic E-state index is 12.1. The van der Waals surface area contributed by atoms with Crippen molar-refractivity contribution in [2.75, 3.05) is 18.0 Å². The van der Waals surface area contributed by atoms with Crippen molar-refractivity contribution < 1.29 is 4.79 Å². The van der Waals surface area contributed by atoms with E-state index in [0.29, 0.717) is 12.5 Å². The van der Waals surface area contributed by atoms with Crippen molar-refractivity contribution in [2.24, 2.45) is 5.92 Å². The van der Waals surface area contributed by atoms with E-state index in [0.717, 1.165) is 25.2 Å². The Morgan fingerprint density at radius 3 is 2.88 bits per heavy atom. The molecule has 0 radical (unpaired) electrons. The van der Waals surface area contributed by atoms with Crippen molar-refractivity contribution in [3.05, 3.63) is 29.8 Å². The predicted octanol–water partition coefficient (Wildman–Crippen LogP) is 2.17. The molecule has 3 heteroatoms. The summed E-state index contributed by atoms with van der Waals surface area (Å²) in [6, 6.07) is 8.16. The molecule has 17 heavy (non-hydrogen) atoms. The molecule has 1 aromatic carbocycles. The largest absolute Gasteiger partial charge is 0.311 e. The third-order valence-corrected chi connectivity index (χ3v) is 3.37. The number of amides is 1. The first-order chi connectivity index (χ1) is 8.22. The Bertz CT molecular complexity index is 403. The Balaban J connectivity index is 2.30. The summed E-state index contributed by atoms with van der Waals surface area (Å²) in [6.07, 6.45) is 1.10. The number of fused-ring (bicyclic) bond motifs is 1. The average Bonchev–Trinajstić information content (AvgIpc) is 2.50. The summed E-state index contributed by atoms with van der Waals surface area (Å²) in [7, 11) is 0. The van der Waals surface area contributed by atoms with Crippen LogP contribution in [0.25, 0.3) is 0 Å². The minimum absolute atomic E-state index is 0.176. The van der Waals surface area contributed by atoms with Crippen molar-refractivity contribution in [2.45, 2.75) is 26.8 Å². The van der Waals surface area contributed by atoms with Crippen LogP contribution in [0, 0.1) is 5.92 Å². The van der Waals surface area contributed by atoms with E-state index in [1.165, 1.54) is 5.56 Å². The van der Waals surface area contributed by atoms with E-state index in [1.54, 1.807) is 0 Å². The molecule has 1 aromatic rings. The molecule has 3 nitrogen and oxygen atoms in total. The Morgan fingerprint density at radius 2 is 2.12 bits per heavy atom. The number of anilines is 1. The Labute approximate surface area is 103 Å². The molecule has 0 spiro atoms. The summed E-state index contributed by atoms with van der Waals surface area (Å²) in [6.45, 7) is 6.38. The lowest BCUT2D eigenvalue weighted by Crippen LogP contribution is -2.38. The number of rotatable bonds is 3. The Kier molecular flexibility index (Phi) is 3.79. The van der Waals surface area contributed by atoms with Gasteiger partial charge in [-0.3, -0.25) is 4.79 Å². The second-order valence-electron chi connectivity index (χ2n) is 4.75. The molecule has 1 heterocycles. The standard InChI is InChI=1S/C14H20N2O/c1-3-11(2)10-16-13-7-5-4-6-12(13)8-15-9-14(16)17/h4-7,11,15H,3,8-10H2,1-2H3. The van der Waals surface area contributed by atoms with E-state index in [1.807, 2.05) is 23.1 Å². The smallest absolute Gasteiger partial charge is 0.240 e. The molecular weight excluding hydrogens is 212 g/mol. The van der Waals surface area contributed by atoms with Gasteiger partial charge in [0.25, 0.3) is 0 Å². The van der Waals surface area contributed by atoms with Crippen LogP contribution in [-0.2, 0) is 11.3 Å². The van der Waals surface area contributed by atoms with Gasteiger partial charge in [-0.25, -0.2) is 0 Å². The lowest BCUT2D eigenvalue weighted by molar-refractivity contribution is -0.117. The molecule has 1 N–H and O–H groups in total. The van der Waals surface area contributed by atoms with Crippen LogP contribution in [0.15, 0.2) is 24.3 Å². The maximum atomic E-state index is 12.1. The van der Waals surface area contributed by atoms with E-state index in [2.05, 4.69) is 25.2 Å². The lowest BCUT2D eigenvalue weighted by atomic mass is 10.1. The van der Waals surface area contributed by atoms with Gasteiger partial charge in [0.1, 0.15) is 0 Å². The molecule has 1 unspecified atom stereocenters. The normalized spacial score (nSPS) is 17.5. The molecule has 1 amide bonds. The van der Waals surface area contributed by atoms with Crippen molar-refractivity contribution >= 4 is 11.6 Å². The zero-order valence-corrected chi connectivity index (χ0v) is 10.6. The number of carbonyl (C=O) groups excluding carboxylic acids is 1. The summed E-state index contributed by atoms with van der Waals surface area (Å²) in [4.78, 5) is 14.0. The highest BCUT2D eigenvalue weighted by Gasteiger charge is 2.22. The number of carbonyl (C=O) groups is 1. The molecule has 0 bridgehead atoms. The highest BCUT2D eigenvalue weighted by atomic mass is 16.2. The van der Waals surface area contributed by atoms with Crippen LogP contribution in [0.2, 0.25) is 0 Å². The Morgan fingerprint density at radius 1 is 1.35 bits per heavy atom. The molecule has 1 aliphatic rings. The van der Waals surface area contributed by atoms with E-state index in [4.69, 9.17) is 0 Å². The fourth-order valence-electron chi connectivity index (χ4n) is 2.10. The van der Waals surface area contributed by atoms with Crippen LogP contribution >= 0.6 is 0 Å². The first-order valence-electron chi connectivity index (χ1n) is 6.31. The highest BCUT2D eigenvalue weighted by Crippen LogP contribution is 2.23. The van der Waals surface area contributed by atoms with Crippen molar-refractivity contribution in [3.8, 4) is 0 Å². The van der Waals surface area contributed by atoms with Crippen LogP contribution in [0.3, 0.4) is 0 Å². The number of para-hydroxylation sites is 1. The zero-order valence-electron chi connectivity index (χ0n) is 10.6. The summed E-state index contributed by atoms with van der Waals surface area (Å²) >= 11 is 0. The summed E-state index contributed by atoms with van der Waals surface area (Å²) < 4.78 is 0. The minimum atomic E-state index is 0.176. The molecule has 2 rings (SSSR count). The van der Waals surface area contributed by atoms with Gasteiger partial charge in [-0.15, -0.1) is 0 Å². The van der Waals surface area contributed by atoms with Gasteiger partial charge in [-0.2, -0.15) is 0 Å². The predicted molar refractivity (Wildman–Crippen MR) is 70.0 cm³/mol. The van der Waals surface area contributed by atoms with Crippen LogP contribution in [0.5, 0.6) is 0 Å². The van der Waals surface area contributed by atoms with Gasteiger partial charge < -0.3 is 10.2 Å². The third-order valence-electron chi connectivity index (χ3n) is 3.37. The van der Waals surface area contributed by atoms with Crippen molar-refractivity contribution in [1.82, 2.24) is 5.32 Å². The van der Waals surface area contributed by atoms with Gasteiger partial charge in [-0.1, -0.05) is 38.5 Å². The topological polar surface area (TPSA) is 32.3 Å². The van der Waals surface area contributed by atoms with E-state index in [9.17, 15) is 4.79 Å². The van der Waals surface area contributed by atoms with Crippen LogP contribution in [0.4, 0.5) is 5.69 Å².